The monoisotopic (exact) mass is 259 g/mol. The lowest BCUT2D eigenvalue weighted by atomic mass is 9.99. The van der Waals surface area contributed by atoms with E-state index in [0.717, 1.165) is 42.9 Å². The molecular formula is C14H17N3O2. The fourth-order valence-corrected chi connectivity index (χ4v) is 2.69. The van der Waals surface area contributed by atoms with Gasteiger partial charge in [0.2, 0.25) is 5.91 Å². The fourth-order valence-electron chi connectivity index (χ4n) is 2.69. The van der Waals surface area contributed by atoms with Crippen molar-refractivity contribution in [2.45, 2.75) is 18.8 Å². The van der Waals surface area contributed by atoms with E-state index in [1.54, 1.807) is 12.1 Å². The van der Waals surface area contributed by atoms with E-state index in [2.05, 4.69) is 9.55 Å². The number of imidazole rings is 1. The second-order valence-corrected chi connectivity index (χ2v) is 4.98. The van der Waals surface area contributed by atoms with Crippen molar-refractivity contribution in [3.63, 3.8) is 0 Å². The van der Waals surface area contributed by atoms with Crippen LogP contribution in [-0.2, 0) is 11.8 Å². The minimum absolute atomic E-state index is 0.417. The van der Waals surface area contributed by atoms with Crippen LogP contribution in [0.2, 0.25) is 0 Å². The van der Waals surface area contributed by atoms with Crippen LogP contribution >= 0.6 is 0 Å². The Morgan fingerprint density at radius 1 is 1.42 bits per heavy atom. The molecule has 0 bridgehead atoms. The van der Waals surface area contributed by atoms with Crippen LogP contribution in [-0.4, -0.2) is 28.7 Å². The SMILES string of the molecule is Cn1c(C2CCOCC2)nc2cc(C(N)=O)ccc21. The second-order valence-electron chi connectivity index (χ2n) is 4.98. The molecule has 2 heterocycles. The summed E-state index contributed by atoms with van der Waals surface area (Å²) in [6.45, 7) is 1.58. The Morgan fingerprint density at radius 3 is 2.84 bits per heavy atom. The van der Waals surface area contributed by atoms with Crippen molar-refractivity contribution in [3.05, 3.63) is 29.6 Å². The van der Waals surface area contributed by atoms with Gasteiger partial charge in [0.1, 0.15) is 5.82 Å². The van der Waals surface area contributed by atoms with Crippen molar-refractivity contribution in [2.24, 2.45) is 12.8 Å². The molecule has 19 heavy (non-hydrogen) atoms. The maximum atomic E-state index is 11.2. The summed E-state index contributed by atoms with van der Waals surface area (Å²) in [4.78, 5) is 15.9. The summed E-state index contributed by atoms with van der Waals surface area (Å²) in [5.74, 6) is 1.09. The molecule has 0 spiro atoms. The molecular weight excluding hydrogens is 242 g/mol. The maximum Gasteiger partial charge on any atom is 0.248 e. The average Bonchev–Trinajstić information content (AvgIpc) is 2.76. The number of amides is 1. The lowest BCUT2D eigenvalue weighted by Crippen LogP contribution is -2.17. The molecule has 0 radical (unpaired) electrons. The summed E-state index contributed by atoms with van der Waals surface area (Å²) in [6, 6.07) is 5.42. The van der Waals surface area contributed by atoms with E-state index in [-0.39, 0.29) is 0 Å². The highest BCUT2D eigenvalue weighted by atomic mass is 16.5. The summed E-state index contributed by atoms with van der Waals surface area (Å²) in [7, 11) is 2.02. The molecule has 100 valence electrons. The van der Waals surface area contributed by atoms with Gasteiger partial charge in [0.25, 0.3) is 0 Å². The normalized spacial score (nSPS) is 16.9. The lowest BCUT2D eigenvalue weighted by molar-refractivity contribution is 0.0831. The number of nitrogens with two attached hydrogens (primary N) is 1. The summed E-state index contributed by atoms with van der Waals surface area (Å²) in [6.07, 6.45) is 2.00. The molecule has 5 heteroatoms. The largest absolute Gasteiger partial charge is 0.381 e. The Bertz CT molecular complexity index is 627. The Morgan fingerprint density at radius 2 is 2.16 bits per heavy atom. The third kappa shape index (κ3) is 2.10. The van der Waals surface area contributed by atoms with Crippen LogP contribution in [0.5, 0.6) is 0 Å². The summed E-state index contributed by atoms with van der Waals surface area (Å²) < 4.78 is 7.49. The van der Waals surface area contributed by atoms with E-state index in [1.165, 1.54) is 0 Å². The van der Waals surface area contributed by atoms with E-state index in [9.17, 15) is 4.79 Å². The van der Waals surface area contributed by atoms with E-state index in [0.29, 0.717) is 11.5 Å². The molecule has 2 aromatic rings. The van der Waals surface area contributed by atoms with E-state index < -0.39 is 5.91 Å². The molecule has 5 nitrogen and oxygen atoms in total. The number of nitrogens with zero attached hydrogens (tertiary/aromatic N) is 2. The zero-order chi connectivity index (χ0) is 13.4. The van der Waals surface area contributed by atoms with Crippen LogP contribution in [0.3, 0.4) is 0 Å². The number of primary amides is 1. The minimum Gasteiger partial charge on any atom is -0.381 e. The molecule has 1 saturated heterocycles. The number of rotatable bonds is 2. The van der Waals surface area contributed by atoms with Crippen LogP contribution in [0.4, 0.5) is 0 Å². The molecule has 1 aromatic heterocycles. The van der Waals surface area contributed by atoms with Crippen LogP contribution in [0.1, 0.15) is 34.9 Å². The maximum absolute atomic E-state index is 11.2. The van der Waals surface area contributed by atoms with Gasteiger partial charge in [-0.25, -0.2) is 4.98 Å². The van der Waals surface area contributed by atoms with Crippen molar-refractivity contribution in [3.8, 4) is 0 Å². The Hall–Kier alpha value is -1.88. The number of ether oxygens (including phenoxy) is 1. The predicted molar refractivity (Wildman–Crippen MR) is 72.0 cm³/mol. The third-order valence-electron chi connectivity index (χ3n) is 3.79. The molecule has 0 aliphatic carbocycles. The summed E-state index contributed by atoms with van der Waals surface area (Å²) in [5.41, 5.74) is 7.67. The molecule has 1 aliphatic heterocycles. The van der Waals surface area contributed by atoms with Crippen molar-refractivity contribution < 1.29 is 9.53 Å². The first kappa shape index (κ1) is 12.2. The van der Waals surface area contributed by atoms with Crippen molar-refractivity contribution in [2.75, 3.05) is 13.2 Å². The number of fused-ring (bicyclic) bond motifs is 1. The molecule has 1 fully saturated rings. The number of benzene rings is 1. The van der Waals surface area contributed by atoms with E-state index in [1.807, 2.05) is 13.1 Å². The number of carbonyl (C=O) groups excluding carboxylic acids is 1. The lowest BCUT2D eigenvalue weighted by Gasteiger charge is -2.21. The zero-order valence-electron chi connectivity index (χ0n) is 10.9. The van der Waals surface area contributed by atoms with Crippen LogP contribution < -0.4 is 5.73 Å². The van der Waals surface area contributed by atoms with Crippen molar-refractivity contribution in [1.82, 2.24) is 9.55 Å². The van der Waals surface area contributed by atoms with Gasteiger partial charge in [-0.1, -0.05) is 0 Å². The molecule has 1 amide bonds. The Labute approximate surface area is 111 Å². The highest BCUT2D eigenvalue weighted by Crippen LogP contribution is 2.28. The topological polar surface area (TPSA) is 70.1 Å². The van der Waals surface area contributed by atoms with E-state index in [4.69, 9.17) is 10.5 Å². The van der Waals surface area contributed by atoms with Gasteiger partial charge >= 0.3 is 0 Å². The zero-order valence-corrected chi connectivity index (χ0v) is 10.9. The third-order valence-corrected chi connectivity index (χ3v) is 3.79. The fraction of sp³-hybridized carbons (Fsp3) is 0.429. The van der Waals surface area contributed by atoms with Crippen LogP contribution in [0, 0.1) is 0 Å². The second kappa shape index (κ2) is 4.66. The Balaban J connectivity index is 2.06. The van der Waals surface area contributed by atoms with Gasteiger partial charge in [-0.15, -0.1) is 0 Å². The molecule has 1 aromatic carbocycles. The molecule has 0 atom stereocenters. The highest BCUT2D eigenvalue weighted by molar-refractivity contribution is 5.96. The molecule has 0 unspecified atom stereocenters. The first-order valence-electron chi connectivity index (χ1n) is 6.50. The number of hydrogen-bond acceptors (Lipinski definition) is 3. The standard InChI is InChI=1S/C14H17N3O2/c1-17-12-3-2-10(13(15)18)8-11(12)16-14(17)9-4-6-19-7-5-9/h2-3,8-9H,4-7H2,1H3,(H2,15,18). The van der Waals surface area contributed by atoms with Gasteiger partial charge in [-0.2, -0.15) is 0 Å². The Kier molecular flexibility index (Phi) is 2.98. The first-order valence-corrected chi connectivity index (χ1v) is 6.50. The number of hydrogen-bond donors (Lipinski definition) is 1. The number of aromatic nitrogens is 2. The summed E-state index contributed by atoms with van der Waals surface area (Å²) >= 11 is 0. The van der Waals surface area contributed by atoms with Crippen LogP contribution in [0.15, 0.2) is 18.2 Å². The number of aryl methyl sites for hydroxylation is 1. The molecule has 0 saturated carbocycles. The summed E-state index contributed by atoms with van der Waals surface area (Å²) in [5, 5.41) is 0. The van der Waals surface area contributed by atoms with Gasteiger partial charge in [0.05, 0.1) is 11.0 Å². The molecule has 1 aliphatic rings. The highest BCUT2D eigenvalue weighted by Gasteiger charge is 2.21. The van der Waals surface area contributed by atoms with Gasteiger partial charge in [0.15, 0.2) is 0 Å². The van der Waals surface area contributed by atoms with Gasteiger partial charge in [-0.3, -0.25) is 4.79 Å². The minimum atomic E-state index is -0.417. The van der Waals surface area contributed by atoms with Gasteiger partial charge in [0, 0.05) is 31.7 Å². The average molecular weight is 259 g/mol. The first-order chi connectivity index (χ1) is 9.16. The van der Waals surface area contributed by atoms with Crippen molar-refractivity contribution in [1.29, 1.82) is 0 Å². The number of carbonyl (C=O) groups is 1. The predicted octanol–water partition coefficient (Wildman–Crippen LogP) is 1.57. The molecule has 2 N–H and O–H groups in total. The van der Waals surface area contributed by atoms with E-state index >= 15 is 0 Å². The quantitative estimate of drug-likeness (QED) is 0.889. The molecule has 3 rings (SSSR count). The van der Waals surface area contributed by atoms with Gasteiger partial charge < -0.3 is 15.0 Å². The van der Waals surface area contributed by atoms with Gasteiger partial charge in [-0.05, 0) is 31.0 Å². The van der Waals surface area contributed by atoms with Crippen molar-refractivity contribution >= 4 is 16.9 Å². The van der Waals surface area contributed by atoms with Crippen LogP contribution in [0.25, 0.3) is 11.0 Å². The smallest absolute Gasteiger partial charge is 0.248 e.